The molecular formula is C43H35BN2. The summed E-state index contributed by atoms with van der Waals surface area (Å²) in [6, 6.07) is 46.1. The van der Waals surface area contributed by atoms with Gasteiger partial charge >= 0.3 is 6.85 Å². The zero-order chi connectivity index (χ0) is 31.1. The van der Waals surface area contributed by atoms with Crippen LogP contribution in [0.1, 0.15) is 55.5 Å². The predicted molar refractivity (Wildman–Crippen MR) is 195 cm³/mol. The first-order valence-corrected chi connectivity index (χ1v) is 16.6. The number of para-hydroxylation sites is 3. The fourth-order valence-electron chi connectivity index (χ4n) is 9.31. The largest absolute Gasteiger partial charge is 0.376 e. The highest BCUT2D eigenvalue weighted by Crippen LogP contribution is 2.57. The van der Waals surface area contributed by atoms with Crippen LogP contribution in [0, 0.1) is 6.92 Å². The molecule has 0 radical (unpaired) electrons. The molecule has 3 heterocycles. The Labute approximate surface area is 272 Å². The van der Waals surface area contributed by atoms with Crippen molar-refractivity contribution in [1.29, 1.82) is 0 Å². The van der Waals surface area contributed by atoms with Gasteiger partial charge in [0.1, 0.15) is 0 Å². The van der Waals surface area contributed by atoms with Crippen LogP contribution in [0.4, 0.5) is 28.4 Å². The first kappa shape index (κ1) is 26.2. The van der Waals surface area contributed by atoms with Gasteiger partial charge in [-0.2, -0.15) is 0 Å². The average Bonchev–Trinajstić information content (AvgIpc) is 3.29. The van der Waals surface area contributed by atoms with E-state index in [-0.39, 0.29) is 17.7 Å². The van der Waals surface area contributed by atoms with Gasteiger partial charge in [0.25, 0.3) is 0 Å². The molecule has 6 aromatic carbocycles. The van der Waals surface area contributed by atoms with Crippen LogP contribution >= 0.6 is 0 Å². The van der Waals surface area contributed by atoms with Gasteiger partial charge in [0.15, 0.2) is 0 Å². The quantitative estimate of drug-likeness (QED) is 0.176. The summed E-state index contributed by atoms with van der Waals surface area (Å²) >= 11 is 0. The lowest BCUT2D eigenvalue weighted by atomic mass is 9.42. The maximum Gasteiger partial charge on any atom is 0.333 e. The first-order chi connectivity index (χ1) is 22.3. The van der Waals surface area contributed by atoms with Crippen LogP contribution in [0.15, 0.2) is 121 Å². The van der Waals surface area contributed by atoms with E-state index in [1.807, 2.05) is 0 Å². The van der Waals surface area contributed by atoms with E-state index in [2.05, 4.69) is 166 Å². The van der Waals surface area contributed by atoms with E-state index < -0.39 is 0 Å². The van der Waals surface area contributed by atoms with Gasteiger partial charge in [0.2, 0.25) is 0 Å². The van der Waals surface area contributed by atoms with Gasteiger partial charge in [0, 0.05) is 39.1 Å². The Morgan fingerprint density at radius 3 is 2.02 bits per heavy atom. The molecule has 0 atom stereocenters. The Kier molecular flexibility index (Phi) is 4.91. The van der Waals surface area contributed by atoms with Crippen LogP contribution in [0.2, 0.25) is 0 Å². The topological polar surface area (TPSA) is 6.48 Å². The number of hydrogen-bond donors (Lipinski definition) is 0. The zero-order valence-corrected chi connectivity index (χ0v) is 27.0. The van der Waals surface area contributed by atoms with Crippen LogP contribution in [0.3, 0.4) is 0 Å². The van der Waals surface area contributed by atoms with Gasteiger partial charge in [-0.25, -0.2) is 0 Å². The molecule has 3 aliphatic heterocycles. The maximum absolute atomic E-state index is 2.65. The summed E-state index contributed by atoms with van der Waals surface area (Å²) in [5.74, 6) is 0. The second-order valence-electron chi connectivity index (χ2n) is 14.7. The van der Waals surface area contributed by atoms with Gasteiger partial charge in [-0.15, -0.1) is 0 Å². The number of fused-ring (bicyclic) bond motifs is 9. The number of nitrogens with zero attached hydrogens (tertiary/aromatic N) is 2. The summed E-state index contributed by atoms with van der Waals surface area (Å²) in [7, 11) is 0. The Hall–Kier alpha value is -5.02. The van der Waals surface area contributed by atoms with Crippen LogP contribution in [-0.4, -0.2) is 6.85 Å². The molecule has 0 saturated carbocycles. The van der Waals surface area contributed by atoms with Crippen LogP contribution in [0.5, 0.6) is 0 Å². The third-order valence-corrected chi connectivity index (χ3v) is 11.4. The van der Waals surface area contributed by atoms with E-state index in [1.54, 1.807) is 0 Å². The van der Waals surface area contributed by atoms with Crippen LogP contribution in [0.25, 0.3) is 22.3 Å². The lowest BCUT2D eigenvalue weighted by molar-refractivity contribution is 0.632. The minimum absolute atomic E-state index is 0.0395. The Morgan fingerprint density at radius 2 is 1.20 bits per heavy atom. The smallest absolute Gasteiger partial charge is 0.333 e. The monoisotopic (exact) mass is 590 g/mol. The van der Waals surface area contributed by atoms with Crippen molar-refractivity contribution in [2.24, 2.45) is 0 Å². The molecular weight excluding hydrogens is 555 g/mol. The molecule has 4 aliphatic rings. The summed E-state index contributed by atoms with van der Waals surface area (Å²) in [5, 5.41) is 0. The molecule has 0 bridgehead atoms. The summed E-state index contributed by atoms with van der Waals surface area (Å²) in [4.78, 5) is 5.24. The summed E-state index contributed by atoms with van der Waals surface area (Å²) in [5.41, 5.74) is 21.3. The predicted octanol–water partition coefficient (Wildman–Crippen LogP) is 9.65. The van der Waals surface area contributed by atoms with E-state index in [0.29, 0.717) is 0 Å². The normalized spacial score (nSPS) is 16.6. The molecule has 6 aromatic rings. The minimum Gasteiger partial charge on any atom is -0.376 e. The van der Waals surface area contributed by atoms with Crippen LogP contribution in [-0.2, 0) is 10.8 Å². The number of rotatable bonds is 1. The maximum atomic E-state index is 2.65. The fourth-order valence-corrected chi connectivity index (χ4v) is 9.31. The Balaban J connectivity index is 1.36. The molecule has 10 rings (SSSR count). The minimum atomic E-state index is -0.122. The second kappa shape index (κ2) is 8.62. The van der Waals surface area contributed by atoms with Crippen molar-refractivity contribution in [3.63, 3.8) is 0 Å². The van der Waals surface area contributed by atoms with Crippen molar-refractivity contribution in [2.45, 2.75) is 45.4 Å². The summed E-state index contributed by atoms with van der Waals surface area (Å²) < 4.78 is 0. The van der Waals surface area contributed by atoms with Gasteiger partial charge in [-0.05, 0) is 98.8 Å². The summed E-state index contributed by atoms with van der Waals surface area (Å²) in [6.45, 7) is 11.9. The molecule has 2 nitrogen and oxygen atoms in total. The highest BCUT2D eigenvalue weighted by atomic mass is 15.2. The number of anilines is 5. The van der Waals surface area contributed by atoms with Crippen molar-refractivity contribution < 1.29 is 0 Å². The van der Waals surface area contributed by atoms with E-state index in [0.717, 1.165) is 0 Å². The molecule has 0 unspecified atom stereocenters. The lowest BCUT2D eigenvalue weighted by Gasteiger charge is -2.50. The number of aryl methyl sites for hydroxylation is 1. The van der Waals surface area contributed by atoms with Gasteiger partial charge in [-0.1, -0.05) is 113 Å². The molecule has 0 aromatic heterocycles. The van der Waals surface area contributed by atoms with E-state index in [9.17, 15) is 0 Å². The molecule has 0 amide bonds. The second-order valence-corrected chi connectivity index (χ2v) is 14.7. The Bertz CT molecular complexity index is 2300. The molecule has 1 aliphatic carbocycles. The highest BCUT2D eigenvalue weighted by Gasteiger charge is 2.50. The average molecular weight is 591 g/mol. The number of hydrogen-bond acceptors (Lipinski definition) is 2. The molecule has 0 saturated heterocycles. The first-order valence-electron chi connectivity index (χ1n) is 16.6. The van der Waals surface area contributed by atoms with Crippen molar-refractivity contribution in [2.75, 3.05) is 9.71 Å². The Morgan fingerprint density at radius 1 is 0.500 bits per heavy atom. The van der Waals surface area contributed by atoms with Gasteiger partial charge < -0.3 is 9.71 Å². The third kappa shape index (κ3) is 3.09. The molecule has 3 heteroatoms. The van der Waals surface area contributed by atoms with Crippen molar-refractivity contribution in [1.82, 2.24) is 0 Å². The fraction of sp³-hybridized carbons (Fsp3) is 0.163. The molecule has 220 valence electrons. The van der Waals surface area contributed by atoms with E-state index >= 15 is 0 Å². The summed E-state index contributed by atoms with van der Waals surface area (Å²) in [6.07, 6.45) is 0. The van der Waals surface area contributed by atoms with Gasteiger partial charge in [-0.3, -0.25) is 0 Å². The number of benzene rings is 6. The van der Waals surface area contributed by atoms with E-state index in [4.69, 9.17) is 0 Å². The molecule has 46 heavy (non-hydrogen) atoms. The van der Waals surface area contributed by atoms with Crippen molar-refractivity contribution >= 4 is 46.2 Å². The SMILES string of the molecule is Cc1cc2c3c(c1)N1c4ccccc4C(C)(C)c4cccc(c41)B3N(c1ccccc1)c1cc3c(cc1-2)-c1ccccc1C3(C)C. The van der Waals surface area contributed by atoms with Crippen molar-refractivity contribution in [3.05, 3.63) is 149 Å². The third-order valence-electron chi connectivity index (χ3n) is 11.4. The zero-order valence-electron chi connectivity index (χ0n) is 27.0. The van der Waals surface area contributed by atoms with Crippen LogP contribution < -0.4 is 20.6 Å². The van der Waals surface area contributed by atoms with Crippen molar-refractivity contribution in [3.8, 4) is 22.3 Å². The van der Waals surface area contributed by atoms with E-state index in [1.165, 1.54) is 89.4 Å². The molecule has 0 fully saturated rings. The standard InChI is InChI=1S/C43H35BN2/c1-26-22-31-30-24-29-28-16-9-10-17-32(28)42(2,3)35(29)25-38(30)46(27-14-7-6-8-15-27)44-36-20-13-19-34-41(36)45(39(23-26)40(31)44)37-21-12-11-18-33(37)43(34,4)5/h6-25H,1-5H3. The molecule has 0 spiro atoms. The van der Waals surface area contributed by atoms with Gasteiger partial charge in [0.05, 0.1) is 5.69 Å². The highest BCUT2D eigenvalue weighted by molar-refractivity contribution is 6.93. The lowest BCUT2D eigenvalue weighted by Crippen LogP contribution is -2.62. The molecule has 0 N–H and O–H groups in total.